The first kappa shape index (κ1) is 14.7. The Bertz CT molecular complexity index is 993. The lowest BCUT2D eigenvalue weighted by Gasteiger charge is -2.13. The van der Waals surface area contributed by atoms with Gasteiger partial charge in [0.2, 0.25) is 0 Å². The summed E-state index contributed by atoms with van der Waals surface area (Å²) in [7, 11) is 0. The highest BCUT2D eigenvalue weighted by atomic mass is 16.1. The van der Waals surface area contributed by atoms with Crippen LogP contribution in [0.4, 0.5) is 0 Å². The molecule has 0 amide bonds. The average Bonchev–Trinajstić information content (AvgIpc) is 2.60. The molecule has 0 radical (unpaired) electrons. The quantitative estimate of drug-likeness (QED) is 0.540. The van der Waals surface area contributed by atoms with Gasteiger partial charge in [0.05, 0.1) is 16.6 Å². The van der Waals surface area contributed by atoms with Gasteiger partial charge >= 0.3 is 0 Å². The van der Waals surface area contributed by atoms with Gasteiger partial charge in [-0.1, -0.05) is 37.1 Å². The van der Waals surface area contributed by atoms with Crippen molar-refractivity contribution >= 4 is 17.2 Å². The Labute approximate surface area is 133 Å². The topological polar surface area (TPSA) is 52.0 Å². The third kappa shape index (κ3) is 2.65. The van der Waals surface area contributed by atoms with Gasteiger partial charge in [0.1, 0.15) is 5.82 Å². The molecule has 4 nitrogen and oxygen atoms in total. The zero-order chi connectivity index (χ0) is 16.2. The molecule has 4 heteroatoms. The van der Waals surface area contributed by atoms with Crippen LogP contribution in [0.1, 0.15) is 18.3 Å². The molecule has 0 atom stereocenters. The number of hydrogen-bond acceptors (Lipinski definition) is 3. The SMILES string of the molecule is CCc1nc2cccc(C#CC=O)c2c(=O)n1-c1ccccc1. The summed E-state index contributed by atoms with van der Waals surface area (Å²) in [5, 5.41) is 0.433. The Hall–Kier alpha value is -3.19. The fraction of sp³-hybridized carbons (Fsp3) is 0.105. The lowest BCUT2D eigenvalue weighted by molar-refractivity contribution is -0.103. The Morgan fingerprint density at radius 3 is 2.61 bits per heavy atom. The van der Waals surface area contributed by atoms with Gasteiger partial charge in [-0.25, -0.2) is 4.98 Å². The summed E-state index contributed by atoms with van der Waals surface area (Å²) in [6.07, 6.45) is 1.15. The van der Waals surface area contributed by atoms with Gasteiger partial charge in [0.15, 0.2) is 6.29 Å². The van der Waals surface area contributed by atoms with E-state index >= 15 is 0 Å². The van der Waals surface area contributed by atoms with Gasteiger partial charge in [0.25, 0.3) is 5.56 Å². The molecule has 2 aromatic carbocycles. The standard InChI is InChI=1S/C19H14N2O2/c1-2-17-20-16-12-6-8-14(9-7-13-22)18(16)19(23)21(17)15-10-4-3-5-11-15/h3-6,8,10-13H,2H2,1H3. The first-order chi connectivity index (χ1) is 11.3. The number of aromatic nitrogens is 2. The predicted octanol–water partition coefficient (Wildman–Crippen LogP) is 2.50. The molecular formula is C19H14N2O2. The molecule has 112 valence electrons. The second-order valence-corrected chi connectivity index (χ2v) is 4.94. The van der Waals surface area contributed by atoms with Crippen LogP contribution in [0.15, 0.2) is 53.3 Å². The Morgan fingerprint density at radius 1 is 1.13 bits per heavy atom. The minimum absolute atomic E-state index is 0.172. The second kappa shape index (κ2) is 6.29. The summed E-state index contributed by atoms with van der Waals surface area (Å²) in [5.41, 5.74) is 1.70. The highest BCUT2D eigenvalue weighted by Gasteiger charge is 2.13. The van der Waals surface area contributed by atoms with Crippen LogP contribution >= 0.6 is 0 Å². The van der Waals surface area contributed by atoms with E-state index in [-0.39, 0.29) is 5.56 Å². The van der Waals surface area contributed by atoms with Crippen LogP contribution in [0, 0.1) is 11.8 Å². The highest BCUT2D eigenvalue weighted by molar-refractivity contribution is 5.86. The number of carbonyl (C=O) groups excluding carboxylic acids is 1. The number of para-hydroxylation sites is 1. The van der Waals surface area contributed by atoms with Gasteiger partial charge < -0.3 is 0 Å². The number of aldehydes is 1. The molecule has 0 saturated heterocycles. The molecule has 0 aliphatic heterocycles. The second-order valence-electron chi connectivity index (χ2n) is 4.94. The lowest BCUT2D eigenvalue weighted by atomic mass is 10.1. The Morgan fingerprint density at radius 2 is 1.91 bits per heavy atom. The van der Waals surface area contributed by atoms with Crippen LogP contribution in [-0.4, -0.2) is 15.8 Å². The van der Waals surface area contributed by atoms with Crippen LogP contribution in [-0.2, 0) is 11.2 Å². The van der Waals surface area contributed by atoms with Crippen LogP contribution in [0.2, 0.25) is 0 Å². The molecule has 3 rings (SSSR count). The van der Waals surface area contributed by atoms with Gasteiger partial charge in [-0.15, -0.1) is 0 Å². The molecular weight excluding hydrogens is 288 g/mol. The molecule has 23 heavy (non-hydrogen) atoms. The summed E-state index contributed by atoms with van der Waals surface area (Å²) in [5.74, 6) is 5.78. The minimum Gasteiger partial charge on any atom is -0.289 e. The van der Waals surface area contributed by atoms with Crippen molar-refractivity contribution < 1.29 is 4.79 Å². The minimum atomic E-state index is -0.172. The first-order valence-electron chi connectivity index (χ1n) is 7.31. The predicted molar refractivity (Wildman–Crippen MR) is 89.7 cm³/mol. The van der Waals surface area contributed by atoms with Crippen LogP contribution < -0.4 is 5.56 Å². The van der Waals surface area contributed by atoms with Crippen LogP contribution in [0.5, 0.6) is 0 Å². The van der Waals surface area contributed by atoms with E-state index in [4.69, 9.17) is 0 Å². The van der Waals surface area contributed by atoms with E-state index in [1.54, 1.807) is 22.8 Å². The van der Waals surface area contributed by atoms with E-state index in [0.717, 1.165) is 5.69 Å². The molecule has 0 N–H and O–H groups in total. The van der Waals surface area contributed by atoms with E-state index in [1.165, 1.54) is 0 Å². The van der Waals surface area contributed by atoms with Gasteiger partial charge in [-0.2, -0.15) is 0 Å². The summed E-state index contributed by atoms with van der Waals surface area (Å²) in [4.78, 5) is 28.2. The molecule has 0 spiro atoms. The van der Waals surface area contributed by atoms with Crippen molar-refractivity contribution in [2.75, 3.05) is 0 Å². The van der Waals surface area contributed by atoms with E-state index < -0.39 is 0 Å². The normalized spacial score (nSPS) is 10.1. The van der Waals surface area contributed by atoms with Crippen molar-refractivity contribution in [2.24, 2.45) is 0 Å². The highest BCUT2D eigenvalue weighted by Crippen LogP contribution is 2.16. The number of aryl methyl sites for hydroxylation is 1. The van der Waals surface area contributed by atoms with Gasteiger partial charge in [-0.3, -0.25) is 14.2 Å². The Balaban J connectivity index is 2.43. The van der Waals surface area contributed by atoms with Gasteiger partial charge in [-0.05, 0) is 30.2 Å². The third-order valence-corrected chi connectivity index (χ3v) is 3.56. The number of carbonyl (C=O) groups is 1. The molecule has 0 bridgehead atoms. The van der Waals surface area contributed by atoms with Crippen LogP contribution in [0.25, 0.3) is 16.6 Å². The van der Waals surface area contributed by atoms with Crippen LogP contribution in [0.3, 0.4) is 0 Å². The van der Waals surface area contributed by atoms with Crippen molar-refractivity contribution in [3.63, 3.8) is 0 Å². The number of rotatable bonds is 2. The van der Waals surface area contributed by atoms with E-state index in [9.17, 15) is 9.59 Å². The van der Waals surface area contributed by atoms with Crippen molar-refractivity contribution in [1.29, 1.82) is 0 Å². The zero-order valence-corrected chi connectivity index (χ0v) is 12.6. The van der Waals surface area contributed by atoms with E-state index in [0.29, 0.717) is 35.0 Å². The van der Waals surface area contributed by atoms with Crippen molar-refractivity contribution in [3.8, 4) is 17.5 Å². The lowest BCUT2D eigenvalue weighted by Crippen LogP contribution is -2.24. The Kier molecular flexibility index (Phi) is 4.03. The molecule has 3 aromatic rings. The van der Waals surface area contributed by atoms with E-state index in [2.05, 4.69) is 16.8 Å². The molecule has 1 aromatic heterocycles. The monoisotopic (exact) mass is 302 g/mol. The maximum atomic E-state index is 13.1. The van der Waals surface area contributed by atoms with Crippen molar-refractivity contribution in [2.45, 2.75) is 13.3 Å². The maximum absolute atomic E-state index is 13.1. The molecule has 0 fully saturated rings. The van der Waals surface area contributed by atoms with Crippen molar-refractivity contribution in [3.05, 3.63) is 70.3 Å². The first-order valence-corrected chi connectivity index (χ1v) is 7.31. The largest absolute Gasteiger partial charge is 0.289 e. The average molecular weight is 302 g/mol. The number of fused-ring (bicyclic) bond motifs is 1. The molecule has 0 aliphatic carbocycles. The molecule has 1 heterocycles. The third-order valence-electron chi connectivity index (χ3n) is 3.56. The van der Waals surface area contributed by atoms with Crippen molar-refractivity contribution in [1.82, 2.24) is 9.55 Å². The maximum Gasteiger partial charge on any atom is 0.267 e. The number of nitrogens with zero attached hydrogens (tertiary/aromatic N) is 2. The summed E-state index contributed by atoms with van der Waals surface area (Å²) < 4.78 is 1.61. The van der Waals surface area contributed by atoms with E-state index in [1.807, 2.05) is 37.3 Å². The molecule has 0 unspecified atom stereocenters. The fourth-order valence-corrected chi connectivity index (χ4v) is 2.57. The summed E-state index contributed by atoms with van der Waals surface area (Å²) >= 11 is 0. The summed E-state index contributed by atoms with van der Waals surface area (Å²) in [6.45, 7) is 1.96. The fourth-order valence-electron chi connectivity index (χ4n) is 2.57. The molecule has 0 saturated carbocycles. The smallest absolute Gasteiger partial charge is 0.267 e. The zero-order valence-electron chi connectivity index (χ0n) is 12.6. The number of hydrogen-bond donors (Lipinski definition) is 0. The number of benzene rings is 2. The molecule has 0 aliphatic rings. The summed E-state index contributed by atoms with van der Waals surface area (Å²) in [6, 6.07) is 14.7. The van der Waals surface area contributed by atoms with Gasteiger partial charge in [0, 0.05) is 12.0 Å².